The average Bonchev–Trinajstić information content (AvgIpc) is 3.04. The number of fused-ring (bicyclic) bond motifs is 1. The topological polar surface area (TPSA) is 122 Å². The van der Waals surface area contributed by atoms with E-state index in [-0.39, 0.29) is 11.9 Å². The minimum absolute atomic E-state index is 0.0677. The Balaban J connectivity index is 1.81. The fourth-order valence-corrected chi connectivity index (χ4v) is 3.25. The molecule has 138 valence electrons. The highest BCUT2D eigenvalue weighted by Gasteiger charge is 2.19. The lowest BCUT2D eigenvalue weighted by molar-refractivity contribution is 0.414. The van der Waals surface area contributed by atoms with Crippen molar-refractivity contribution in [3.8, 4) is 29.5 Å². The summed E-state index contributed by atoms with van der Waals surface area (Å²) < 4.78 is 12.4. The smallest absolute Gasteiger partial charge is 0.327 e. The fourth-order valence-electron chi connectivity index (χ4n) is 2.51. The van der Waals surface area contributed by atoms with Gasteiger partial charge in [0.1, 0.15) is 23.8 Å². The number of halogens is 1. The van der Waals surface area contributed by atoms with E-state index >= 15 is 0 Å². The second-order valence-electron chi connectivity index (χ2n) is 5.61. The van der Waals surface area contributed by atoms with Gasteiger partial charge in [-0.15, -0.1) is 0 Å². The molecule has 0 fully saturated rings. The Morgan fingerprint density at radius 1 is 1.07 bits per heavy atom. The highest BCUT2D eigenvalue weighted by molar-refractivity contribution is 9.10. The second kappa shape index (κ2) is 7.58. The molecule has 0 saturated heterocycles. The molecule has 0 saturated carbocycles. The number of ether oxygens (including phenoxy) is 2. The van der Waals surface area contributed by atoms with Crippen molar-refractivity contribution in [2.24, 2.45) is 0 Å². The van der Waals surface area contributed by atoms with Gasteiger partial charge in [0.25, 0.3) is 0 Å². The number of aryl methyl sites for hydroxylation is 1. The van der Waals surface area contributed by atoms with Crippen molar-refractivity contribution >= 4 is 27.0 Å². The average molecular weight is 438 g/mol. The minimum atomic E-state index is 0.0677. The van der Waals surface area contributed by atoms with Gasteiger partial charge in [-0.1, -0.05) is 6.92 Å². The van der Waals surface area contributed by atoms with Gasteiger partial charge in [0, 0.05) is 18.0 Å². The highest BCUT2D eigenvalue weighted by Crippen LogP contribution is 2.37. The maximum Gasteiger partial charge on any atom is 0.327 e. The van der Waals surface area contributed by atoms with Gasteiger partial charge in [0.15, 0.2) is 5.75 Å². The number of aromatic nitrogens is 6. The third-order valence-electron chi connectivity index (χ3n) is 3.77. The molecule has 0 unspecified atom stereocenters. The van der Waals surface area contributed by atoms with Crippen LogP contribution in [0.1, 0.15) is 18.2 Å². The standard InChI is InChI=1S/C18H12BrN7O2/c1-2-13-15(19)14-16(24-13)25-18(28-12-7-22-9-23-8-12)26-17(14)27-11-3-10(4-20)5-21-6-11/h3,5-9H,2H2,1H3,(H,24,25,26). The molecule has 4 heterocycles. The van der Waals surface area contributed by atoms with E-state index in [1.807, 2.05) is 13.0 Å². The summed E-state index contributed by atoms with van der Waals surface area (Å²) >= 11 is 3.58. The maximum absolute atomic E-state index is 9.07. The van der Waals surface area contributed by atoms with E-state index < -0.39 is 0 Å². The lowest BCUT2D eigenvalue weighted by atomic mass is 10.3. The van der Waals surface area contributed by atoms with Crippen molar-refractivity contribution in [3.05, 3.63) is 52.9 Å². The number of hydrogen-bond acceptors (Lipinski definition) is 8. The Kier molecular flexibility index (Phi) is 4.82. The molecule has 4 aromatic heterocycles. The van der Waals surface area contributed by atoms with Crippen LogP contribution in [0.15, 0.2) is 41.7 Å². The predicted octanol–water partition coefficient (Wildman–Crippen LogP) is 3.92. The van der Waals surface area contributed by atoms with Crippen LogP contribution in [-0.2, 0) is 6.42 Å². The first-order chi connectivity index (χ1) is 13.7. The molecule has 4 aromatic rings. The largest absolute Gasteiger partial charge is 0.436 e. The zero-order chi connectivity index (χ0) is 19.5. The fraction of sp³-hybridized carbons (Fsp3) is 0.111. The lowest BCUT2D eigenvalue weighted by Gasteiger charge is -2.08. The maximum atomic E-state index is 9.07. The Hall–Kier alpha value is -3.58. The normalized spacial score (nSPS) is 10.6. The van der Waals surface area contributed by atoms with Crippen LogP contribution in [0.2, 0.25) is 0 Å². The van der Waals surface area contributed by atoms with Crippen LogP contribution in [-0.4, -0.2) is 29.9 Å². The summed E-state index contributed by atoms with van der Waals surface area (Å²) in [6, 6.07) is 3.67. The molecule has 0 aliphatic rings. The van der Waals surface area contributed by atoms with Crippen LogP contribution in [0.3, 0.4) is 0 Å². The van der Waals surface area contributed by atoms with Crippen molar-refractivity contribution in [2.75, 3.05) is 0 Å². The first-order valence-electron chi connectivity index (χ1n) is 8.22. The summed E-state index contributed by atoms with van der Waals surface area (Å²) in [5, 5.41) is 9.73. The van der Waals surface area contributed by atoms with Crippen molar-refractivity contribution < 1.29 is 9.47 Å². The van der Waals surface area contributed by atoms with Gasteiger partial charge >= 0.3 is 6.01 Å². The number of rotatable bonds is 5. The molecule has 4 rings (SSSR count). The Bertz CT molecular complexity index is 1190. The third kappa shape index (κ3) is 3.47. The van der Waals surface area contributed by atoms with Crippen LogP contribution in [0.4, 0.5) is 0 Å². The van der Waals surface area contributed by atoms with E-state index in [9.17, 15) is 0 Å². The quantitative estimate of drug-likeness (QED) is 0.498. The number of nitriles is 1. The van der Waals surface area contributed by atoms with Crippen LogP contribution in [0.5, 0.6) is 23.4 Å². The molecule has 0 aliphatic heterocycles. The van der Waals surface area contributed by atoms with Crippen molar-refractivity contribution in [1.29, 1.82) is 5.26 Å². The molecular formula is C18H12BrN7O2. The van der Waals surface area contributed by atoms with Crippen molar-refractivity contribution in [2.45, 2.75) is 13.3 Å². The molecule has 10 heteroatoms. The zero-order valence-electron chi connectivity index (χ0n) is 14.5. The van der Waals surface area contributed by atoms with Gasteiger partial charge in [0.05, 0.1) is 34.0 Å². The molecule has 28 heavy (non-hydrogen) atoms. The van der Waals surface area contributed by atoms with E-state index in [2.05, 4.69) is 45.8 Å². The Morgan fingerprint density at radius 2 is 1.86 bits per heavy atom. The van der Waals surface area contributed by atoms with Crippen LogP contribution >= 0.6 is 15.9 Å². The van der Waals surface area contributed by atoms with E-state index in [1.54, 1.807) is 6.07 Å². The SMILES string of the molecule is CCc1[nH]c2nc(Oc3cncnc3)nc(Oc3cncc(C#N)c3)c2c1Br. The van der Waals surface area contributed by atoms with Crippen LogP contribution in [0.25, 0.3) is 11.0 Å². The first kappa shape index (κ1) is 17.8. The van der Waals surface area contributed by atoms with Gasteiger partial charge < -0.3 is 14.5 Å². The van der Waals surface area contributed by atoms with Gasteiger partial charge in [-0.05, 0) is 22.4 Å². The summed E-state index contributed by atoms with van der Waals surface area (Å²) in [4.78, 5) is 23.8. The summed E-state index contributed by atoms with van der Waals surface area (Å²) in [6.45, 7) is 2.02. The second-order valence-corrected chi connectivity index (χ2v) is 6.40. The molecular weight excluding hydrogens is 426 g/mol. The highest BCUT2D eigenvalue weighted by atomic mass is 79.9. The molecule has 0 amide bonds. The number of nitrogens with one attached hydrogen (secondary N) is 1. The van der Waals surface area contributed by atoms with Gasteiger partial charge in [-0.3, -0.25) is 4.98 Å². The minimum Gasteiger partial charge on any atom is -0.436 e. The molecule has 0 bridgehead atoms. The molecule has 0 aliphatic carbocycles. The molecule has 0 radical (unpaired) electrons. The number of aromatic amines is 1. The van der Waals surface area contributed by atoms with Crippen molar-refractivity contribution in [3.63, 3.8) is 0 Å². The number of hydrogen-bond donors (Lipinski definition) is 1. The van der Waals surface area contributed by atoms with Gasteiger partial charge in [0.2, 0.25) is 5.88 Å². The molecule has 0 atom stereocenters. The first-order valence-corrected chi connectivity index (χ1v) is 9.01. The van der Waals surface area contributed by atoms with Crippen LogP contribution < -0.4 is 9.47 Å². The van der Waals surface area contributed by atoms with Gasteiger partial charge in [-0.25, -0.2) is 9.97 Å². The van der Waals surface area contributed by atoms with E-state index in [4.69, 9.17) is 14.7 Å². The van der Waals surface area contributed by atoms with E-state index in [0.717, 1.165) is 16.6 Å². The number of H-pyrrole nitrogens is 1. The zero-order valence-corrected chi connectivity index (χ0v) is 16.1. The van der Waals surface area contributed by atoms with Crippen LogP contribution in [0, 0.1) is 11.3 Å². The summed E-state index contributed by atoms with van der Waals surface area (Å²) in [5.74, 6) is 1.03. The summed E-state index contributed by atoms with van der Waals surface area (Å²) in [5.41, 5.74) is 1.87. The number of nitrogens with zero attached hydrogens (tertiary/aromatic N) is 6. The summed E-state index contributed by atoms with van der Waals surface area (Å²) in [7, 11) is 0. The molecule has 9 nitrogen and oxygen atoms in total. The molecule has 1 N–H and O–H groups in total. The lowest BCUT2D eigenvalue weighted by Crippen LogP contribution is -1.97. The monoisotopic (exact) mass is 437 g/mol. The van der Waals surface area contributed by atoms with E-state index in [1.165, 1.54) is 31.1 Å². The Labute approximate surface area is 167 Å². The molecule has 0 aromatic carbocycles. The Morgan fingerprint density at radius 3 is 2.61 bits per heavy atom. The van der Waals surface area contributed by atoms with Crippen molar-refractivity contribution in [1.82, 2.24) is 29.9 Å². The van der Waals surface area contributed by atoms with Gasteiger partial charge in [-0.2, -0.15) is 15.2 Å². The summed E-state index contributed by atoms with van der Waals surface area (Å²) in [6.07, 6.45) is 8.11. The predicted molar refractivity (Wildman–Crippen MR) is 102 cm³/mol. The number of pyridine rings is 1. The molecule has 0 spiro atoms. The third-order valence-corrected chi connectivity index (χ3v) is 4.64. The van der Waals surface area contributed by atoms with E-state index in [0.29, 0.717) is 28.1 Å².